The average molecular weight is 282 g/mol. The van der Waals surface area contributed by atoms with Gasteiger partial charge in [-0.3, -0.25) is 4.79 Å². The summed E-state index contributed by atoms with van der Waals surface area (Å²) < 4.78 is 5.04. The van der Waals surface area contributed by atoms with Crippen LogP contribution in [0.15, 0.2) is 29.2 Å². The first-order valence-electron chi connectivity index (χ1n) is 6.50. The van der Waals surface area contributed by atoms with Crippen molar-refractivity contribution in [3.63, 3.8) is 0 Å². The topological polar surface area (TPSA) is 46.5 Å². The van der Waals surface area contributed by atoms with Crippen LogP contribution in [-0.4, -0.2) is 23.9 Å². The predicted molar refractivity (Wildman–Crippen MR) is 78.2 cm³/mol. The van der Waals surface area contributed by atoms with Crippen LogP contribution in [-0.2, 0) is 15.1 Å². The molecule has 0 radical (unpaired) electrons. The van der Waals surface area contributed by atoms with Gasteiger partial charge in [0.2, 0.25) is 0 Å². The highest BCUT2D eigenvalue weighted by Crippen LogP contribution is 2.33. The van der Waals surface area contributed by atoms with Gasteiger partial charge in [0.1, 0.15) is 5.60 Å². The first kappa shape index (κ1) is 16.1. The summed E-state index contributed by atoms with van der Waals surface area (Å²) in [7, 11) is 0. The van der Waals surface area contributed by atoms with Crippen molar-refractivity contribution in [2.45, 2.75) is 37.7 Å². The molecule has 1 aromatic rings. The van der Waals surface area contributed by atoms with E-state index in [1.807, 2.05) is 37.4 Å². The zero-order valence-electron chi connectivity index (χ0n) is 12.0. The third kappa shape index (κ3) is 3.74. The Kier molecular flexibility index (Phi) is 5.88. The molecule has 0 saturated carbocycles. The van der Waals surface area contributed by atoms with E-state index in [0.717, 1.165) is 10.5 Å². The lowest BCUT2D eigenvalue weighted by Crippen LogP contribution is -2.38. The van der Waals surface area contributed by atoms with Gasteiger partial charge in [-0.05, 0) is 44.2 Å². The van der Waals surface area contributed by atoms with Gasteiger partial charge in [-0.15, -0.1) is 11.8 Å². The number of esters is 1. The van der Waals surface area contributed by atoms with Crippen LogP contribution < -0.4 is 0 Å². The second-order valence-electron chi connectivity index (χ2n) is 4.59. The Labute approximate surface area is 119 Å². The van der Waals surface area contributed by atoms with Crippen LogP contribution in [0.25, 0.3) is 0 Å². The van der Waals surface area contributed by atoms with E-state index in [-0.39, 0.29) is 5.97 Å². The van der Waals surface area contributed by atoms with Crippen LogP contribution in [0.4, 0.5) is 0 Å². The molecule has 3 nitrogen and oxygen atoms in total. The van der Waals surface area contributed by atoms with Gasteiger partial charge in [-0.1, -0.05) is 19.1 Å². The lowest BCUT2D eigenvalue weighted by Gasteiger charge is -2.31. The second kappa shape index (κ2) is 6.96. The number of thioether (sulfide) groups is 1. The first-order valence-corrected chi connectivity index (χ1v) is 7.73. The minimum absolute atomic E-state index is 0.330. The van der Waals surface area contributed by atoms with Gasteiger partial charge in [0.15, 0.2) is 0 Å². The van der Waals surface area contributed by atoms with Gasteiger partial charge in [-0.25, -0.2) is 0 Å². The molecule has 19 heavy (non-hydrogen) atoms. The molecule has 2 unspecified atom stereocenters. The van der Waals surface area contributed by atoms with Gasteiger partial charge in [0.25, 0.3) is 0 Å². The summed E-state index contributed by atoms with van der Waals surface area (Å²) >= 11 is 1.64. The van der Waals surface area contributed by atoms with Crippen LogP contribution in [0.5, 0.6) is 0 Å². The molecule has 1 rings (SSSR count). The highest BCUT2D eigenvalue weighted by atomic mass is 32.2. The van der Waals surface area contributed by atoms with E-state index in [2.05, 4.69) is 0 Å². The van der Waals surface area contributed by atoms with Crippen molar-refractivity contribution >= 4 is 17.7 Å². The maximum Gasteiger partial charge on any atom is 0.312 e. The quantitative estimate of drug-likeness (QED) is 0.643. The van der Waals surface area contributed by atoms with E-state index in [4.69, 9.17) is 4.74 Å². The average Bonchev–Trinajstić information content (AvgIpc) is 2.39. The number of rotatable bonds is 6. The Morgan fingerprint density at radius 2 is 1.95 bits per heavy atom. The molecule has 106 valence electrons. The van der Waals surface area contributed by atoms with E-state index in [0.29, 0.717) is 13.0 Å². The molecule has 0 bridgehead atoms. The fourth-order valence-electron chi connectivity index (χ4n) is 2.17. The normalized spacial score (nSPS) is 15.6. The molecular weight excluding hydrogens is 260 g/mol. The van der Waals surface area contributed by atoms with E-state index >= 15 is 0 Å². The van der Waals surface area contributed by atoms with Crippen molar-refractivity contribution in [3.8, 4) is 0 Å². The third-order valence-electron chi connectivity index (χ3n) is 3.33. The minimum atomic E-state index is -1.21. The molecule has 1 aromatic carbocycles. The maximum atomic E-state index is 11.9. The van der Waals surface area contributed by atoms with Crippen LogP contribution >= 0.6 is 11.8 Å². The SMILES string of the molecule is CCOC(=O)C(CC)C(C)(O)c1ccc(SC)cc1. The number of carbonyl (C=O) groups is 1. The summed E-state index contributed by atoms with van der Waals surface area (Å²) in [6.45, 7) is 5.65. The fraction of sp³-hybridized carbons (Fsp3) is 0.533. The fourth-order valence-corrected chi connectivity index (χ4v) is 2.57. The smallest absolute Gasteiger partial charge is 0.312 e. The van der Waals surface area contributed by atoms with E-state index < -0.39 is 11.5 Å². The highest BCUT2D eigenvalue weighted by Gasteiger charge is 2.38. The molecule has 0 heterocycles. The van der Waals surface area contributed by atoms with Gasteiger partial charge in [-0.2, -0.15) is 0 Å². The minimum Gasteiger partial charge on any atom is -0.466 e. The number of carbonyl (C=O) groups excluding carboxylic acids is 1. The lowest BCUT2D eigenvalue weighted by atomic mass is 9.81. The van der Waals surface area contributed by atoms with E-state index in [1.54, 1.807) is 25.6 Å². The molecule has 0 aliphatic rings. The molecule has 0 saturated heterocycles. The Bertz CT molecular complexity index is 412. The first-order chi connectivity index (χ1) is 8.97. The summed E-state index contributed by atoms with van der Waals surface area (Å²) in [5.74, 6) is -0.892. The van der Waals surface area contributed by atoms with Gasteiger partial charge >= 0.3 is 5.97 Å². The molecule has 0 amide bonds. The largest absolute Gasteiger partial charge is 0.466 e. The Morgan fingerprint density at radius 3 is 2.37 bits per heavy atom. The Balaban J connectivity index is 3.01. The van der Waals surface area contributed by atoms with Crippen LogP contribution in [0, 0.1) is 5.92 Å². The van der Waals surface area contributed by atoms with Crippen molar-refractivity contribution in [1.82, 2.24) is 0 Å². The number of benzene rings is 1. The van der Waals surface area contributed by atoms with Crippen molar-refractivity contribution in [2.24, 2.45) is 5.92 Å². The molecule has 0 aliphatic carbocycles. The number of aliphatic hydroxyl groups is 1. The predicted octanol–water partition coefficient (Wildman–Crippen LogP) is 3.21. The summed E-state index contributed by atoms with van der Waals surface area (Å²) in [4.78, 5) is 13.1. The maximum absolute atomic E-state index is 11.9. The summed E-state index contributed by atoms with van der Waals surface area (Å²) in [5, 5.41) is 10.7. The summed E-state index contributed by atoms with van der Waals surface area (Å²) in [5.41, 5.74) is -0.469. The monoisotopic (exact) mass is 282 g/mol. The van der Waals surface area contributed by atoms with Crippen LogP contribution in [0.3, 0.4) is 0 Å². The molecule has 0 aromatic heterocycles. The van der Waals surface area contributed by atoms with Crippen molar-refractivity contribution in [3.05, 3.63) is 29.8 Å². The summed E-state index contributed by atoms with van der Waals surface area (Å²) in [6, 6.07) is 7.64. The van der Waals surface area contributed by atoms with E-state index in [1.165, 1.54) is 0 Å². The van der Waals surface area contributed by atoms with E-state index in [9.17, 15) is 9.90 Å². The number of hydrogen-bond donors (Lipinski definition) is 1. The third-order valence-corrected chi connectivity index (χ3v) is 4.08. The molecule has 0 fully saturated rings. The van der Waals surface area contributed by atoms with Crippen LogP contribution in [0.1, 0.15) is 32.8 Å². The van der Waals surface area contributed by atoms with Crippen molar-refractivity contribution < 1.29 is 14.6 Å². The van der Waals surface area contributed by atoms with Gasteiger partial charge in [0.05, 0.1) is 12.5 Å². The highest BCUT2D eigenvalue weighted by molar-refractivity contribution is 7.98. The number of ether oxygens (including phenoxy) is 1. The molecule has 1 N–H and O–H groups in total. The zero-order valence-corrected chi connectivity index (χ0v) is 12.8. The van der Waals surface area contributed by atoms with Crippen molar-refractivity contribution in [1.29, 1.82) is 0 Å². The molecular formula is C15H22O3S. The molecule has 2 atom stereocenters. The molecule has 0 spiro atoms. The zero-order chi connectivity index (χ0) is 14.5. The van der Waals surface area contributed by atoms with Crippen molar-refractivity contribution in [2.75, 3.05) is 12.9 Å². The second-order valence-corrected chi connectivity index (χ2v) is 5.47. The molecule has 4 heteroatoms. The Morgan fingerprint density at radius 1 is 1.37 bits per heavy atom. The lowest BCUT2D eigenvalue weighted by molar-refractivity contribution is -0.158. The van der Waals surface area contributed by atoms with Gasteiger partial charge < -0.3 is 9.84 Å². The van der Waals surface area contributed by atoms with Crippen LogP contribution in [0.2, 0.25) is 0 Å². The Hall–Kier alpha value is -1.00. The molecule has 0 aliphatic heterocycles. The summed E-state index contributed by atoms with van der Waals surface area (Å²) in [6.07, 6.45) is 2.54. The number of hydrogen-bond acceptors (Lipinski definition) is 4. The van der Waals surface area contributed by atoms with Gasteiger partial charge in [0, 0.05) is 4.90 Å². The standard InChI is InChI=1S/C15H22O3S/c1-5-13(14(16)18-6-2)15(3,17)11-7-9-12(19-4)10-8-11/h7-10,13,17H,5-6H2,1-4H3.